The average molecular weight is 396 g/mol. The highest BCUT2D eigenvalue weighted by Gasteiger charge is 2.45. The van der Waals surface area contributed by atoms with Gasteiger partial charge in [0.2, 0.25) is 0 Å². The molecule has 0 radical (unpaired) electrons. The Kier molecular flexibility index (Phi) is 5.30. The van der Waals surface area contributed by atoms with Gasteiger partial charge in [-0.15, -0.1) is 0 Å². The predicted octanol–water partition coefficient (Wildman–Crippen LogP) is 3.18. The fourth-order valence-electron chi connectivity index (χ4n) is 4.77. The molecule has 152 valence electrons. The number of halogens is 1. The molecule has 29 heavy (non-hydrogen) atoms. The van der Waals surface area contributed by atoms with E-state index in [0.29, 0.717) is 23.0 Å². The van der Waals surface area contributed by atoms with Gasteiger partial charge in [-0.1, -0.05) is 6.07 Å². The molecule has 2 bridgehead atoms. The molecule has 2 aliphatic carbocycles. The van der Waals surface area contributed by atoms with Crippen LogP contribution < -0.4 is 10.6 Å². The van der Waals surface area contributed by atoms with Crippen LogP contribution in [-0.4, -0.2) is 33.4 Å². The molecular weight excluding hydrogens is 371 g/mol. The number of amides is 2. The summed E-state index contributed by atoms with van der Waals surface area (Å²) >= 11 is 0. The maximum atomic E-state index is 13.4. The Hall–Kier alpha value is -2.83. The first-order chi connectivity index (χ1) is 13.9. The molecule has 6 nitrogen and oxygen atoms in total. The van der Waals surface area contributed by atoms with Crippen LogP contribution in [0.2, 0.25) is 0 Å². The summed E-state index contributed by atoms with van der Waals surface area (Å²) in [7, 11) is 0. The van der Waals surface area contributed by atoms with Crippen molar-refractivity contribution in [1.82, 2.24) is 20.6 Å². The number of nitrogens with one attached hydrogen (secondary N) is 2. The van der Waals surface area contributed by atoms with Crippen molar-refractivity contribution in [2.24, 2.45) is 5.92 Å². The van der Waals surface area contributed by atoms with Gasteiger partial charge in [-0.3, -0.25) is 9.59 Å². The van der Waals surface area contributed by atoms with E-state index in [0.717, 1.165) is 38.5 Å². The fourth-order valence-corrected chi connectivity index (χ4v) is 4.77. The standard InChI is InChI=1S/C22H25FN4O2/c1-14-24-11-8-19(25-14)21(29)27-22-9-3-6-18(16(13-22)7-10-22)26-20(28)15-4-2-5-17(23)12-15/h2,4-5,8,11-12,16,18H,3,6-7,9-10,13H2,1H3,(H,26,28)(H,27,29). The third kappa shape index (κ3) is 4.28. The number of hydrogen-bond donors (Lipinski definition) is 2. The highest BCUT2D eigenvalue weighted by Crippen LogP contribution is 2.44. The van der Waals surface area contributed by atoms with E-state index in [1.165, 1.54) is 12.1 Å². The third-order valence-corrected chi connectivity index (χ3v) is 6.18. The fraction of sp³-hybridized carbons (Fsp3) is 0.455. The van der Waals surface area contributed by atoms with Crippen molar-refractivity contribution in [1.29, 1.82) is 0 Å². The van der Waals surface area contributed by atoms with E-state index >= 15 is 0 Å². The largest absolute Gasteiger partial charge is 0.349 e. The molecule has 2 saturated carbocycles. The molecule has 0 spiro atoms. The van der Waals surface area contributed by atoms with E-state index in [9.17, 15) is 14.0 Å². The number of carbonyl (C=O) groups excluding carboxylic acids is 2. The summed E-state index contributed by atoms with van der Waals surface area (Å²) in [4.78, 5) is 33.6. The molecule has 1 aromatic carbocycles. The lowest BCUT2D eigenvalue weighted by Crippen LogP contribution is -2.46. The predicted molar refractivity (Wildman–Crippen MR) is 106 cm³/mol. The summed E-state index contributed by atoms with van der Waals surface area (Å²) in [5, 5.41) is 6.33. The summed E-state index contributed by atoms with van der Waals surface area (Å²) in [6.45, 7) is 1.76. The van der Waals surface area contributed by atoms with Crippen molar-refractivity contribution in [3.05, 3.63) is 59.4 Å². The summed E-state index contributed by atoms with van der Waals surface area (Å²) in [6, 6.07) is 7.42. The van der Waals surface area contributed by atoms with Gasteiger partial charge in [0, 0.05) is 23.3 Å². The minimum absolute atomic E-state index is 0.0355. The van der Waals surface area contributed by atoms with Gasteiger partial charge < -0.3 is 10.6 Å². The number of aryl methyl sites for hydroxylation is 1. The van der Waals surface area contributed by atoms with E-state index in [2.05, 4.69) is 20.6 Å². The highest BCUT2D eigenvalue weighted by atomic mass is 19.1. The van der Waals surface area contributed by atoms with Crippen LogP contribution in [0.15, 0.2) is 36.5 Å². The quantitative estimate of drug-likeness (QED) is 0.831. The molecule has 1 aromatic heterocycles. The molecule has 0 aliphatic heterocycles. The zero-order valence-electron chi connectivity index (χ0n) is 16.5. The number of aromatic nitrogens is 2. The lowest BCUT2D eigenvalue weighted by Gasteiger charge is -2.29. The van der Waals surface area contributed by atoms with Crippen LogP contribution >= 0.6 is 0 Å². The summed E-state index contributed by atoms with van der Waals surface area (Å²) in [5.41, 5.74) is 0.473. The Morgan fingerprint density at radius 3 is 2.83 bits per heavy atom. The first-order valence-corrected chi connectivity index (χ1v) is 10.1. The molecule has 2 amide bonds. The number of hydrogen-bond acceptors (Lipinski definition) is 4. The molecule has 1 heterocycles. The number of nitrogens with zero attached hydrogens (tertiary/aromatic N) is 2. The van der Waals surface area contributed by atoms with Gasteiger partial charge >= 0.3 is 0 Å². The Morgan fingerprint density at radius 1 is 1.17 bits per heavy atom. The molecule has 2 aromatic rings. The van der Waals surface area contributed by atoms with Crippen LogP contribution in [-0.2, 0) is 0 Å². The second-order valence-corrected chi connectivity index (χ2v) is 8.21. The van der Waals surface area contributed by atoms with E-state index in [1.807, 2.05) is 0 Å². The van der Waals surface area contributed by atoms with Crippen LogP contribution in [0.3, 0.4) is 0 Å². The zero-order chi connectivity index (χ0) is 20.4. The van der Waals surface area contributed by atoms with Crippen molar-refractivity contribution >= 4 is 11.8 Å². The van der Waals surface area contributed by atoms with Crippen LogP contribution in [0.5, 0.6) is 0 Å². The number of fused-ring (bicyclic) bond motifs is 2. The molecule has 0 saturated heterocycles. The first-order valence-electron chi connectivity index (χ1n) is 10.1. The molecule has 2 fully saturated rings. The Bertz CT molecular complexity index is 935. The molecular formula is C22H25FN4O2. The Balaban J connectivity index is 1.43. The van der Waals surface area contributed by atoms with Gasteiger partial charge in [0.15, 0.2) is 0 Å². The number of benzene rings is 1. The van der Waals surface area contributed by atoms with Gasteiger partial charge in [0.05, 0.1) is 0 Å². The second kappa shape index (κ2) is 7.89. The lowest BCUT2D eigenvalue weighted by atomic mass is 9.91. The van der Waals surface area contributed by atoms with Crippen molar-refractivity contribution in [3.63, 3.8) is 0 Å². The summed E-state index contributed by atoms with van der Waals surface area (Å²) in [6.07, 6.45) is 6.90. The van der Waals surface area contributed by atoms with E-state index in [-0.39, 0.29) is 23.4 Å². The van der Waals surface area contributed by atoms with Crippen LogP contribution in [0.1, 0.15) is 65.2 Å². The first kappa shape index (κ1) is 19.5. The number of carbonyl (C=O) groups is 2. The average Bonchev–Trinajstić information content (AvgIpc) is 3.02. The Morgan fingerprint density at radius 2 is 2.03 bits per heavy atom. The van der Waals surface area contributed by atoms with Crippen molar-refractivity contribution in [2.75, 3.05) is 0 Å². The third-order valence-electron chi connectivity index (χ3n) is 6.18. The van der Waals surface area contributed by atoms with Gasteiger partial charge in [0.1, 0.15) is 17.3 Å². The maximum absolute atomic E-state index is 13.4. The van der Waals surface area contributed by atoms with Crippen LogP contribution in [0, 0.1) is 18.7 Å². The Labute approximate surface area is 169 Å². The smallest absolute Gasteiger partial charge is 0.270 e. The molecule has 2 N–H and O–H groups in total. The SMILES string of the molecule is Cc1nccc(C(=O)NC23CCCC(NC(=O)c4cccc(F)c4)C(CC2)C3)n1. The molecule has 4 rings (SSSR count). The van der Waals surface area contributed by atoms with Crippen molar-refractivity contribution < 1.29 is 14.0 Å². The maximum Gasteiger partial charge on any atom is 0.270 e. The normalized spacial score (nSPS) is 25.9. The van der Waals surface area contributed by atoms with E-state index < -0.39 is 5.82 Å². The topological polar surface area (TPSA) is 84.0 Å². The van der Waals surface area contributed by atoms with Crippen molar-refractivity contribution in [3.8, 4) is 0 Å². The van der Waals surface area contributed by atoms with E-state index in [1.54, 1.807) is 31.3 Å². The molecule has 3 unspecified atom stereocenters. The zero-order valence-corrected chi connectivity index (χ0v) is 16.5. The lowest BCUT2D eigenvalue weighted by molar-refractivity contribution is 0.0883. The highest BCUT2D eigenvalue weighted by molar-refractivity contribution is 5.94. The van der Waals surface area contributed by atoms with Gasteiger partial charge in [-0.2, -0.15) is 0 Å². The van der Waals surface area contributed by atoms with Crippen LogP contribution in [0.4, 0.5) is 4.39 Å². The molecule has 3 atom stereocenters. The summed E-state index contributed by atoms with van der Waals surface area (Å²) < 4.78 is 13.4. The number of rotatable bonds is 4. The second-order valence-electron chi connectivity index (χ2n) is 8.21. The summed E-state index contributed by atoms with van der Waals surface area (Å²) in [5.74, 6) is 0.0387. The van der Waals surface area contributed by atoms with E-state index in [4.69, 9.17) is 0 Å². The van der Waals surface area contributed by atoms with Gasteiger partial charge in [-0.05, 0) is 75.6 Å². The van der Waals surface area contributed by atoms with Gasteiger partial charge in [-0.25, -0.2) is 14.4 Å². The van der Waals surface area contributed by atoms with Gasteiger partial charge in [0.25, 0.3) is 11.8 Å². The minimum Gasteiger partial charge on any atom is -0.349 e. The van der Waals surface area contributed by atoms with Crippen molar-refractivity contribution in [2.45, 2.75) is 57.0 Å². The van der Waals surface area contributed by atoms with Crippen LogP contribution in [0.25, 0.3) is 0 Å². The minimum atomic E-state index is -0.416. The molecule has 2 aliphatic rings. The monoisotopic (exact) mass is 396 g/mol. The molecule has 7 heteroatoms.